The molecule has 1 aromatic rings. The number of ether oxygens (including phenoxy) is 1. The van der Waals surface area contributed by atoms with E-state index in [9.17, 15) is 9.59 Å². The first-order valence-electron chi connectivity index (χ1n) is 4.67. The molecule has 1 heterocycles. The molecule has 2 amide bonds. The molecule has 0 aromatic heterocycles. The minimum absolute atomic E-state index is 0.146. The standard InChI is InChI=1S/C11H8N2O3/c12-5-8-2-1-3-9(4-8)6-13-10(14)7-16-11(13)15/h1-4H,6-7H2. The summed E-state index contributed by atoms with van der Waals surface area (Å²) in [6, 6.07) is 8.75. The first kappa shape index (κ1) is 10.2. The van der Waals surface area contributed by atoms with Gasteiger partial charge in [-0.15, -0.1) is 0 Å². The smallest absolute Gasteiger partial charge is 0.417 e. The van der Waals surface area contributed by atoms with Crippen LogP contribution in [0.4, 0.5) is 4.79 Å². The van der Waals surface area contributed by atoms with Gasteiger partial charge in [-0.3, -0.25) is 4.79 Å². The molecule has 0 saturated carbocycles. The third-order valence-corrected chi connectivity index (χ3v) is 2.24. The van der Waals surface area contributed by atoms with E-state index in [1.807, 2.05) is 6.07 Å². The third kappa shape index (κ3) is 1.86. The Labute approximate surface area is 91.8 Å². The number of carbonyl (C=O) groups excluding carboxylic acids is 2. The van der Waals surface area contributed by atoms with Crippen molar-refractivity contribution in [1.82, 2.24) is 4.90 Å². The van der Waals surface area contributed by atoms with Crippen molar-refractivity contribution in [1.29, 1.82) is 5.26 Å². The van der Waals surface area contributed by atoms with Crippen molar-refractivity contribution in [2.45, 2.75) is 6.54 Å². The van der Waals surface area contributed by atoms with Crippen LogP contribution in [0.1, 0.15) is 11.1 Å². The maximum absolute atomic E-state index is 11.3. The molecule has 1 saturated heterocycles. The Bertz CT molecular complexity index is 474. The van der Waals surface area contributed by atoms with E-state index in [2.05, 4.69) is 4.74 Å². The molecular formula is C11H8N2O3. The van der Waals surface area contributed by atoms with Gasteiger partial charge in [0.25, 0.3) is 5.91 Å². The minimum atomic E-state index is -0.632. The molecule has 1 aromatic carbocycles. The van der Waals surface area contributed by atoms with E-state index in [1.165, 1.54) is 0 Å². The highest BCUT2D eigenvalue weighted by Gasteiger charge is 2.30. The molecule has 0 radical (unpaired) electrons. The normalized spacial score (nSPS) is 14.8. The molecule has 0 aliphatic carbocycles. The second-order valence-corrected chi connectivity index (χ2v) is 3.35. The number of nitriles is 1. The van der Waals surface area contributed by atoms with E-state index in [1.54, 1.807) is 24.3 Å². The Hall–Kier alpha value is -2.35. The van der Waals surface area contributed by atoms with Crippen molar-refractivity contribution < 1.29 is 14.3 Å². The van der Waals surface area contributed by atoms with Crippen LogP contribution in [0.5, 0.6) is 0 Å². The fourth-order valence-corrected chi connectivity index (χ4v) is 1.46. The number of imide groups is 1. The summed E-state index contributed by atoms with van der Waals surface area (Å²) in [5.74, 6) is -0.354. The van der Waals surface area contributed by atoms with Gasteiger partial charge in [0.05, 0.1) is 18.2 Å². The van der Waals surface area contributed by atoms with E-state index in [0.717, 1.165) is 10.5 Å². The molecular weight excluding hydrogens is 208 g/mol. The predicted octanol–water partition coefficient (Wildman–Crippen LogP) is 1.04. The van der Waals surface area contributed by atoms with E-state index in [-0.39, 0.29) is 19.1 Å². The lowest BCUT2D eigenvalue weighted by atomic mass is 10.1. The number of carbonyl (C=O) groups is 2. The van der Waals surface area contributed by atoms with Crippen molar-refractivity contribution in [3.05, 3.63) is 35.4 Å². The maximum atomic E-state index is 11.3. The zero-order valence-electron chi connectivity index (χ0n) is 8.34. The average Bonchev–Trinajstić information content (AvgIpc) is 2.61. The molecule has 0 unspecified atom stereocenters. The molecule has 5 heteroatoms. The van der Waals surface area contributed by atoms with Gasteiger partial charge in [0.2, 0.25) is 0 Å². The largest absolute Gasteiger partial charge is 0.439 e. The van der Waals surface area contributed by atoms with Crippen molar-refractivity contribution in [2.24, 2.45) is 0 Å². The number of cyclic esters (lactones) is 1. The summed E-state index contributed by atoms with van der Waals surface area (Å²) in [5.41, 5.74) is 1.23. The quantitative estimate of drug-likeness (QED) is 0.740. The van der Waals surface area contributed by atoms with Crippen molar-refractivity contribution in [3.63, 3.8) is 0 Å². The monoisotopic (exact) mass is 216 g/mol. The number of rotatable bonds is 2. The molecule has 1 aliphatic heterocycles. The second kappa shape index (κ2) is 4.03. The van der Waals surface area contributed by atoms with Crippen LogP contribution in [0.25, 0.3) is 0 Å². The summed E-state index contributed by atoms with van der Waals surface area (Å²) in [6.45, 7) is -0.0516. The maximum Gasteiger partial charge on any atom is 0.417 e. The summed E-state index contributed by atoms with van der Waals surface area (Å²) in [5, 5.41) is 8.70. The lowest BCUT2D eigenvalue weighted by Gasteiger charge is -2.10. The average molecular weight is 216 g/mol. The number of nitrogens with zero attached hydrogens (tertiary/aromatic N) is 2. The van der Waals surface area contributed by atoms with Gasteiger partial charge in [-0.05, 0) is 17.7 Å². The molecule has 0 N–H and O–H groups in total. The summed E-state index contributed by atoms with van der Waals surface area (Å²) in [7, 11) is 0. The van der Waals surface area contributed by atoms with E-state index < -0.39 is 6.09 Å². The lowest BCUT2D eigenvalue weighted by molar-refractivity contribution is -0.126. The third-order valence-electron chi connectivity index (χ3n) is 2.24. The van der Waals surface area contributed by atoms with E-state index in [0.29, 0.717) is 5.56 Å². The zero-order chi connectivity index (χ0) is 11.5. The van der Waals surface area contributed by atoms with Gasteiger partial charge in [-0.1, -0.05) is 12.1 Å². The topological polar surface area (TPSA) is 70.4 Å². The number of hydrogen-bond acceptors (Lipinski definition) is 4. The Balaban J connectivity index is 2.18. The number of benzene rings is 1. The Morgan fingerprint density at radius 1 is 1.44 bits per heavy atom. The minimum Gasteiger partial charge on any atom is -0.439 e. The molecule has 1 fully saturated rings. The summed E-state index contributed by atoms with van der Waals surface area (Å²) >= 11 is 0. The molecule has 16 heavy (non-hydrogen) atoms. The Kier molecular flexibility index (Phi) is 2.56. The predicted molar refractivity (Wildman–Crippen MR) is 53.1 cm³/mol. The van der Waals surface area contributed by atoms with Crippen LogP contribution in [-0.2, 0) is 16.1 Å². The highest BCUT2D eigenvalue weighted by Crippen LogP contribution is 2.12. The molecule has 0 spiro atoms. The number of amides is 2. The SMILES string of the molecule is N#Cc1cccc(CN2C(=O)COC2=O)c1. The van der Waals surface area contributed by atoms with Crippen LogP contribution in [-0.4, -0.2) is 23.5 Å². The van der Waals surface area contributed by atoms with Gasteiger partial charge in [0, 0.05) is 0 Å². The van der Waals surface area contributed by atoms with Crippen molar-refractivity contribution in [2.75, 3.05) is 6.61 Å². The molecule has 0 atom stereocenters. The molecule has 80 valence electrons. The van der Waals surface area contributed by atoms with Crippen LogP contribution < -0.4 is 0 Å². The van der Waals surface area contributed by atoms with Gasteiger partial charge in [-0.25, -0.2) is 9.69 Å². The fourth-order valence-electron chi connectivity index (χ4n) is 1.46. The molecule has 0 bridgehead atoms. The van der Waals surface area contributed by atoms with Gasteiger partial charge in [0.15, 0.2) is 6.61 Å². The Morgan fingerprint density at radius 3 is 2.88 bits per heavy atom. The molecule has 1 aliphatic rings. The van der Waals surface area contributed by atoms with Gasteiger partial charge in [0.1, 0.15) is 0 Å². The van der Waals surface area contributed by atoms with E-state index in [4.69, 9.17) is 5.26 Å². The Morgan fingerprint density at radius 2 is 2.25 bits per heavy atom. The second-order valence-electron chi connectivity index (χ2n) is 3.35. The van der Waals surface area contributed by atoms with Crippen molar-refractivity contribution in [3.8, 4) is 6.07 Å². The molecule has 5 nitrogen and oxygen atoms in total. The summed E-state index contributed by atoms with van der Waals surface area (Å²) < 4.78 is 4.58. The fraction of sp³-hybridized carbons (Fsp3) is 0.182. The van der Waals surface area contributed by atoms with Gasteiger partial charge < -0.3 is 4.74 Å². The van der Waals surface area contributed by atoms with Crippen LogP contribution in [0.3, 0.4) is 0 Å². The first-order chi connectivity index (χ1) is 7.70. The van der Waals surface area contributed by atoms with Crippen LogP contribution in [0.2, 0.25) is 0 Å². The molecule has 2 rings (SSSR count). The first-order valence-corrected chi connectivity index (χ1v) is 4.67. The zero-order valence-corrected chi connectivity index (χ0v) is 8.34. The lowest BCUT2D eigenvalue weighted by Crippen LogP contribution is -2.28. The van der Waals surface area contributed by atoms with Crippen LogP contribution in [0.15, 0.2) is 24.3 Å². The van der Waals surface area contributed by atoms with Gasteiger partial charge >= 0.3 is 6.09 Å². The van der Waals surface area contributed by atoms with Crippen molar-refractivity contribution >= 4 is 12.0 Å². The van der Waals surface area contributed by atoms with E-state index >= 15 is 0 Å². The highest BCUT2D eigenvalue weighted by molar-refractivity contribution is 5.97. The number of hydrogen-bond donors (Lipinski definition) is 0. The summed E-state index contributed by atoms with van der Waals surface area (Å²) in [4.78, 5) is 23.4. The van der Waals surface area contributed by atoms with Crippen LogP contribution in [0, 0.1) is 11.3 Å². The summed E-state index contributed by atoms with van der Waals surface area (Å²) in [6.07, 6.45) is -0.632. The highest BCUT2D eigenvalue weighted by atomic mass is 16.6. The van der Waals surface area contributed by atoms with Crippen LogP contribution >= 0.6 is 0 Å². The van der Waals surface area contributed by atoms with Gasteiger partial charge in [-0.2, -0.15) is 5.26 Å².